The summed E-state index contributed by atoms with van der Waals surface area (Å²) in [6.07, 6.45) is -10.2. The van der Waals surface area contributed by atoms with E-state index in [4.69, 9.17) is 0 Å². The number of alkyl halides is 6. The fourth-order valence-corrected chi connectivity index (χ4v) is 11.1. The maximum atomic E-state index is 15.2. The number of nitriles is 1. The first kappa shape index (κ1) is 47.8. The Hall–Kier alpha value is -9.91. The van der Waals surface area contributed by atoms with Crippen molar-refractivity contribution in [2.45, 2.75) is 12.4 Å². The summed E-state index contributed by atoms with van der Waals surface area (Å²) in [7, 11) is 0. The molecule has 13 aromatic rings. The Labute approximate surface area is 444 Å². The van der Waals surface area contributed by atoms with Crippen LogP contribution >= 0.6 is 0 Å². The fourth-order valence-electron chi connectivity index (χ4n) is 11.1. The molecule has 0 N–H and O–H groups in total. The van der Waals surface area contributed by atoms with Gasteiger partial charge in [-0.15, -0.1) is 0 Å². The highest BCUT2D eigenvalue weighted by molar-refractivity contribution is 6.14. The summed E-state index contributed by atoms with van der Waals surface area (Å²) < 4.78 is 92.2. The molecule has 3 nitrogen and oxygen atoms in total. The van der Waals surface area contributed by atoms with Crippen LogP contribution in [0.5, 0.6) is 0 Å². The molecule has 13 rings (SSSR count). The zero-order valence-corrected chi connectivity index (χ0v) is 41.3. The Kier molecular flexibility index (Phi) is 11.5. The van der Waals surface area contributed by atoms with Gasteiger partial charge < -0.3 is 9.13 Å². The SMILES string of the molecule is N#Cc1ccc(-c2ccc(-c3ccc(C(F)(F)F)cc3C(F)(F)F)cc2-n2c3ccc(-c4ccccc4)cc3c3cc(-c4ccccc4)ccc32)c(-n2c3ccc(-c4ccccc4)cc3c3cc(-c4ccccc4)ccc32)c1. The maximum Gasteiger partial charge on any atom is 0.417 e. The third kappa shape index (κ3) is 8.35. The van der Waals surface area contributed by atoms with E-state index in [-0.39, 0.29) is 11.6 Å². The number of nitrogens with zero attached hydrogens (tertiary/aromatic N) is 3. The summed E-state index contributed by atoms with van der Waals surface area (Å²) in [4.78, 5) is 0. The van der Waals surface area contributed by atoms with Crippen LogP contribution in [0, 0.1) is 11.3 Å². The lowest BCUT2D eigenvalue weighted by molar-refractivity contribution is -0.142. The lowest BCUT2D eigenvalue weighted by atomic mass is 9.92. The lowest BCUT2D eigenvalue weighted by Crippen LogP contribution is -2.12. The van der Waals surface area contributed by atoms with Crippen molar-refractivity contribution in [3.63, 3.8) is 0 Å². The molecule has 2 aromatic heterocycles. The molecule has 0 aliphatic rings. The highest BCUT2D eigenvalue weighted by Crippen LogP contribution is 2.47. The number of rotatable bonds is 8. The number of halogens is 6. The van der Waals surface area contributed by atoms with E-state index in [0.29, 0.717) is 34.1 Å². The molecule has 78 heavy (non-hydrogen) atoms. The molecule has 9 heteroatoms. The summed E-state index contributed by atoms with van der Waals surface area (Å²) in [6, 6.07) is 79.7. The number of benzene rings is 11. The standard InChI is InChI=1S/C69H41F6N3/c70-68(71,72)53-27-30-54(61(41-53)69(73,74)75)52-22-29-56(67(40-52)78-64-33-25-50(46-17-9-3-10-18-46)38-59(64)60-39-51(26-34-65(60)78)47-19-11-4-12-20-47)55-28-21-43(42-76)35-66(55)77-62-31-23-48(44-13-5-1-6-14-44)36-57(62)58-37-49(24-32-63(58)77)45-15-7-2-8-16-45/h1-41H. The van der Waals surface area contributed by atoms with Crippen molar-refractivity contribution >= 4 is 43.6 Å². The van der Waals surface area contributed by atoms with Crippen LogP contribution in [0.3, 0.4) is 0 Å². The summed E-state index contributed by atoms with van der Waals surface area (Å²) in [5, 5.41) is 14.3. The van der Waals surface area contributed by atoms with Crippen LogP contribution in [0.4, 0.5) is 26.3 Å². The van der Waals surface area contributed by atoms with E-state index in [2.05, 4.69) is 83.4 Å². The molecule has 0 aliphatic carbocycles. The number of hydrogen-bond donors (Lipinski definition) is 0. The number of fused-ring (bicyclic) bond motifs is 6. The molecule has 11 aromatic carbocycles. The second-order valence-corrected chi connectivity index (χ2v) is 19.4. The molecule has 0 unspecified atom stereocenters. The highest BCUT2D eigenvalue weighted by atomic mass is 19.4. The first-order chi connectivity index (χ1) is 37.9. The Balaban J connectivity index is 1.13. The average molecular weight is 1030 g/mol. The summed E-state index contributed by atoms with van der Waals surface area (Å²) >= 11 is 0. The van der Waals surface area contributed by atoms with Crippen molar-refractivity contribution in [3.05, 3.63) is 265 Å². The van der Waals surface area contributed by atoms with Gasteiger partial charge in [-0.2, -0.15) is 31.6 Å². The highest BCUT2D eigenvalue weighted by Gasteiger charge is 2.39. The summed E-state index contributed by atoms with van der Waals surface area (Å²) in [5.74, 6) is 0. The van der Waals surface area contributed by atoms with Crippen molar-refractivity contribution in [2.24, 2.45) is 0 Å². The predicted molar refractivity (Wildman–Crippen MR) is 302 cm³/mol. The fraction of sp³-hybridized carbons (Fsp3) is 0.0290. The predicted octanol–water partition coefficient (Wildman–Crippen LogP) is 19.8. The minimum atomic E-state index is -5.14. The van der Waals surface area contributed by atoms with Crippen molar-refractivity contribution < 1.29 is 26.3 Å². The van der Waals surface area contributed by atoms with E-state index in [1.165, 1.54) is 6.07 Å². The van der Waals surface area contributed by atoms with E-state index in [0.717, 1.165) is 94.2 Å². The molecule has 0 spiro atoms. The van der Waals surface area contributed by atoms with Gasteiger partial charge in [-0.1, -0.05) is 170 Å². The molecule has 0 saturated carbocycles. The Morgan fingerprint density at radius 1 is 0.295 bits per heavy atom. The third-order valence-corrected chi connectivity index (χ3v) is 14.8. The van der Waals surface area contributed by atoms with Gasteiger partial charge in [0.15, 0.2) is 0 Å². The van der Waals surface area contributed by atoms with Crippen LogP contribution in [-0.4, -0.2) is 9.13 Å². The van der Waals surface area contributed by atoms with E-state index < -0.39 is 29.0 Å². The first-order valence-corrected chi connectivity index (χ1v) is 25.3. The topological polar surface area (TPSA) is 33.6 Å². The smallest absolute Gasteiger partial charge is 0.309 e. The third-order valence-electron chi connectivity index (χ3n) is 14.8. The van der Waals surface area contributed by atoms with Gasteiger partial charge in [0.2, 0.25) is 0 Å². The molecule has 2 heterocycles. The monoisotopic (exact) mass is 1030 g/mol. The minimum absolute atomic E-state index is 0.0561. The van der Waals surface area contributed by atoms with E-state index in [1.54, 1.807) is 18.2 Å². The van der Waals surface area contributed by atoms with Gasteiger partial charge in [-0.05, 0) is 134 Å². The first-order valence-electron chi connectivity index (χ1n) is 25.3. The van der Waals surface area contributed by atoms with Crippen LogP contribution in [0.1, 0.15) is 16.7 Å². The Morgan fingerprint density at radius 3 is 1.00 bits per heavy atom. The minimum Gasteiger partial charge on any atom is -0.309 e. The molecular weight excluding hydrogens is 985 g/mol. The largest absolute Gasteiger partial charge is 0.417 e. The average Bonchev–Trinajstić information content (AvgIpc) is 4.22. The number of aromatic nitrogens is 2. The lowest BCUT2D eigenvalue weighted by Gasteiger charge is -2.21. The van der Waals surface area contributed by atoms with Gasteiger partial charge in [0.05, 0.1) is 56.2 Å². The summed E-state index contributed by atoms with van der Waals surface area (Å²) in [5.41, 5.74) is 10.7. The molecule has 374 valence electrons. The Morgan fingerprint density at radius 2 is 0.641 bits per heavy atom. The van der Waals surface area contributed by atoms with Crippen LogP contribution in [0.15, 0.2) is 249 Å². The van der Waals surface area contributed by atoms with Gasteiger partial charge in [0, 0.05) is 32.7 Å². The second kappa shape index (κ2) is 18.7. The van der Waals surface area contributed by atoms with Crippen molar-refractivity contribution in [1.82, 2.24) is 9.13 Å². The van der Waals surface area contributed by atoms with Crippen LogP contribution < -0.4 is 0 Å². The van der Waals surface area contributed by atoms with E-state index in [1.807, 2.05) is 138 Å². The van der Waals surface area contributed by atoms with Gasteiger partial charge in [-0.25, -0.2) is 0 Å². The van der Waals surface area contributed by atoms with Gasteiger partial charge in [-0.3, -0.25) is 0 Å². The Bertz CT molecular complexity index is 4320. The van der Waals surface area contributed by atoms with E-state index in [9.17, 15) is 18.4 Å². The van der Waals surface area contributed by atoms with Gasteiger partial charge >= 0.3 is 12.4 Å². The molecule has 0 amide bonds. The number of hydrogen-bond acceptors (Lipinski definition) is 1. The normalized spacial score (nSPS) is 12.0. The second-order valence-electron chi connectivity index (χ2n) is 19.4. The van der Waals surface area contributed by atoms with E-state index >= 15 is 13.2 Å². The molecule has 0 fully saturated rings. The van der Waals surface area contributed by atoms with Crippen LogP contribution in [0.2, 0.25) is 0 Å². The van der Waals surface area contributed by atoms with Crippen molar-refractivity contribution in [2.75, 3.05) is 0 Å². The molecule has 0 radical (unpaired) electrons. The van der Waals surface area contributed by atoms with Gasteiger partial charge in [0.25, 0.3) is 0 Å². The van der Waals surface area contributed by atoms with Crippen LogP contribution in [0.25, 0.3) is 122 Å². The molecule has 0 aliphatic heterocycles. The maximum absolute atomic E-state index is 15.2. The zero-order valence-electron chi connectivity index (χ0n) is 41.3. The molecule has 0 atom stereocenters. The van der Waals surface area contributed by atoms with Crippen molar-refractivity contribution in [1.29, 1.82) is 5.26 Å². The molecule has 0 saturated heterocycles. The van der Waals surface area contributed by atoms with Gasteiger partial charge in [0.1, 0.15) is 0 Å². The van der Waals surface area contributed by atoms with Crippen molar-refractivity contribution in [3.8, 4) is 84.2 Å². The molecule has 0 bridgehead atoms. The summed E-state index contributed by atoms with van der Waals surface area (Å²) in [6.45, 7) is 0. The van der Waals surface area contributed by atoms with Crippen LogP contribution in [-0.2, 0) is 12.4 Å². The quantitative estimate of drug-likeness (QED) is 0.140. The molecular formula is C69H41F6N3. The zero-order chi connectivity index (χ0) is 53.3.